The minimum Gasteiger partial charge on any atom is -0.384 e. The first-order chi connectivity index (χ1) is 7.78. The molecule has 4 nitrogen and oxygen atoms in total. The SMILES string of the molecule is OC1(c2ccc3nc[nH]c3c2)CCCNC1. The van der Waals surface area contributed by atoms with Crippen molar-refractivity contribution >= 4 is 11.0 Å². The van der Waals surface area contributed by atoms with E-state index in [1.165, 1.54) is 0 Å². The van der Waals surface area contributed by atoms with Gasteiger partial charge in [0.1, 0.15) is 5.60 Å². The number of benzene rings is 1. The average molecular weight is 217 g/mol. The number of nitrogens with zero attached hydrogens (tertiary/aromatic N) is 1. The molecule has 2 heterocycles. The Balaban J connectivity index is 2.03. The zero-order valence-electron chi connectivity index (χ0n) is 9.03. The Hall–Kier alpha value is -1.39. The number of β-amino-alcohol motifs (C(OH)–C–C–N with tert-alkyl or cyclic N) is 1. The van der Waals surface area contributed by atoms with Crippen molar-refractivity contribution < 1.29 is 5.11 Å². The molecule has 1 aromatic carbocycles. The molecule has 2 aromatic rings. The monoisotopic (exact) mass is 217 g/mol. The van der Waals surface area contributed by atoms with E-state index in [2.05, 4.69) is 15.3 Å². The van der Waals surface area contributed by atoms with E-state index in [1.54, 1.807) is 6.33 Å². The van der Waals surface area contributed by atoms with Gasteiger partial charge in [0.15, 0.2) is 0 Å². The van der Waals surface area contributed by atoms with Crippen LogP contribution in [0.2, 0.25) is 0 Å². The van der Waals surface area contributed by atoms with Gasteiger partial charge in [0.25, 0.3) is 0 Å². The summed E-state index contributed by atoms with van der Waals surface area (Å²) in [4.78, 5) is 7.25. The fraction of sp³-hybridized carbons (Fsp3) is 0.417. The molecule has 0 amide bonds. The van der Waals surface area contributed by atoms with Crippen LogP contribution in [0, 0.1) is 0 Å². The molecule has 0 aliphatic carbocycles. The van der Waals surface area contributed by atoms with Crippen molar-refractivity contribution in [1.29, 1.82) is 0 Å². The summed E-state index contributed by atoms with van der Waals surface area (Å²) in [5, 5.41) is 13.8. The average Bonchev–Trinajstić information content (AvgIpc) is 2.77. The van der Waals surface area contributed by atoms with Crippen molar-refractivity contribution in [3.8, 4) is 0 Å². The zero-order valence-corrected chi connectivity index (χ0v) is 9.03. The number of aromatic nitrogens is 2. The smallest absolute Gasteiger partial charge is 0.102 e. The highest BCUT2D eigenvalue weighted by Gasteiger charge is 2.31. The molecule has 1 aliphatic heterocycles. The van der Waals surface area contributed by atoms with Crippen molar-refractivity contribution in [1.82, 2.24) is 15.3 Å². The lowest BCUT2D eigenvalue weighted by Gasteiger charge is -2.33. The van der Waals surface area contributed by atoms with Crippen molar-refractivity contribution in [2.75, 3.05) is 13.1 Å². The van der Waals surface area contributed by atoms with Gasteiger partial charge in [-0.25, -0.2) is 4.98 Å². The van der Waals surface area contributed by atoms with Gasteiger partial charge in [-0.05, 0) is 37.1 Å². The highest BCUT2D eigenvalue weighted by atomic mass is 16.3. The number of hydrogen-bond acceptors (Lipinski definition) is 3. The molecule has 4 heteroatoms. The van der Waals surface area contributed by atoms with Gasteiger partial charge >= 0.3 is 0 Å². The third-order valence-corrected chi connectivity index (χ3v) is 3.32. The first-order valence-corrected chi connectivity index (χ1v) is 5.65. The maximum atomic E-state index is 10.5. The summed E-state index contributed by atoms with van der Waals surface area (Å²) in [6.07, 6.45) is 3.51. The molecule has 1 unspecified atom stereocenters. The Labute approximate surface area is 93.7 Å². The van der Waals surface area contributed by atoms with Crippen LogP contribution in [0.15, 0.2) is 24.5 Å². The number of rotatable bonds is 1. The molecule has 0 radical (unpaired) electrons. The van der Waals surface area contributed by atoms with Crippen molar-refractivity contribution in [3.05, 3.63) is 30.1 Å². The van der Waals surface area contributed by atoms with Crippen molar-refractivity contribution in [2.45, 2.75) is 18.4 Å². The number of fused-ring (bicyclic) bond motifs is 1. The molecule has 1 fully saturated rings. The van der Waals surface area contributed by atoms with Crippen LogP contribution in [0.25, 0.3) is 11.0 Å². The van der Waals surface area contributed by atoms with Crippen LogP contribution >= 0.6 is 0 Å². The molecule has 16 heavy (non-hydrogen) atoms. The fourth-order valence-corrected chi connectivity index (χ4v) is 2.36. The van der Waals surface area contributed by atoms with Crippen LogP contribution in [0.3, 0.4) is 0 Å². The van der Waals surface area contributed by atoms with E-state index in [1.807, 2.05) is 18.2 Å². The van der Waals surface area contributed by atoms with Crippen LogP contribution in [-0.2, 0) is 5.60 Å². The Morgan fingerprint density at radius 3 is 3.12 bits per heavy atom. The van der Waals surface area contributed by atoms with E-state index in [0.717, 1.165) is 36.0 Å². The molecule has 1 aliphatic rings. The van der Waals surface area contributed by atoms with E-state index in [4.69, 9.17) is 0 Å². The molecule has 1 saturated heterocycles. The number of piperidine rings is 1. The lowest BCUT2D eigenvalue weighted by atomic mass is 9.86. The third-order valence-electron chi connectivity index (χ3n) is 3.32. The van der Waals surface area contributed by atoms with Gasteiger partial charge in [-0.2, -0.15) is 0 Å². The van der Waals surface area contributed by atoms with Crippen LogP contribution in [0.5, 0.6) is 0 Å². The highest BCUT2D eigenvalue weighted by molar-refractivity contribution is 5.75. The van der Waals surface area contributed by atoms with Gasteiger partial charge in [-0.1, -0.05) is 6.07 Å². The van der Waals surface area contributed by atoms with Gasteiger partial charge in [-0.15, -0.1) is 0 Å². The molecule has 0 spiro atoms. The van der Waals surface area contributed by atoms with Gasteiger partial charge in [0.05, 0.1) is 17.4 Å². The minimum atomic E-state index is -0.725. The van der Waals surface area contributed by atoms with Gasteiger partial charge in [0, 0.05) is 6.54 Å². The molecule has 3 N–H and O–H groups in total. The van der Waals surface area contributed by atoms with E-state index >= 15 is 0 Å². The first kappa shape index (κ1) is 9.81. The number of hydrogen-bond donors (Lipinski definition) is 3. The van der Waals surface area contributed by atoms with Gasteiger partial charge in [0.2, 0.25) is 0 Å². The minimum absolute atomic E-state index is 0.632. The lowest BCUT2D eigenvalue weighted by molar-refractivity contribution is 0.0124. The topological polar surface area (TPSA) is 60.9 Å². The summed E-state index contributed by atoms with van der Waals surface area (Å²) in [5.74, 6) is 0. The molecule has 0 saturated carbocycles. The van der Waals surface area contributed by atoms with Crippen LogP contribution in [-0.4, -0.2) is 28.2 Å². The fourth-order valence-electron chi connectivity index (χ4n) is 2.36. The molecule has 1 atom stereocenters. The Morgan fingerprint density at radius 1 is 1.38 bits per heavy atom. The normalized spacial score (nSPS) is 26.1. The maximum absolute atomic E-state index is 10.5. The van der Waals surface area contributed by atoms with Gasteiger partial charge in [-0.3, -0.25) is 0 Å². The van der Waals surface area contributed by atoms with Crippen molar-refractivity contribution in [2.24, 2.45) is 0 Å². The van der Waals surface area contributed by atoms with Crippen LogP contribution in [0.1, 0.15) is 18.4 Å². The third kappa shape index (κ3) is 1.50. The number of imidazole rings is 1. The van der Waals surface area contributed by atoms with E-state index in [9.17, 15) is 5.11 Å². The summed E-state index contributed by atoms with van der Waals surface area (Å²) in [7, 11) is 0. The Kier molecular flexibility index (Phi) is 2.19. The van der Waals surface area contributed by atoms with Crippen molar-refractivity contribution in [3.63, 3.8) is 0 Å². The number of nitrogens with one attached hydrogen (secondary N) is 2. The number of aromatic amines is 1. The van der Waals surface area contributed by atoms with Gasteiger partial charge < -0.3 is 15.4 Å². The first-order valence-electron chi connectivity index (χ1n) is 5.65. The Morgan fingerprint density at radius 2 is 2.31 bits per heavy atom. The lowest BCUT2D eigenvalue weighted by Crippen LogP contribution is -2.43. The molecule has 0 bridgehead atoms. The second-order valence-corrected chi connectivity index (χ2v) is 4.45. The second-order valence-electron chi connectivity index (χ2n) is 4.45. The summed E-state index contributed by atoms with van der Waals surface area (Å²) in [6.45, 7) is 1.63. The van der Waals surface area contributed by atoms with Crippen LogP contribution < -0.4 is 5.32 Å². The maximum Gasteiger partial charge on any atom is 0.102 e. The predicted octanol–water partition coefficient (Wildman–Crippen LogP) is 1.13. The van der Waals surface area contributed by atoms with E-state index < -0.39 is 5.60 Å². The van der Waals surface area contributed by atoms with E-state index in [-0.39, 0.29) is 0 Å². The summed E-state index contributed by atoms with van der Waals surface area (Å²) < 4.78 is 0. The Bertz CT molecular complexity index is 500. The molecule has 84 valence electrons. The predicted molar refractivity (Wildman–Crippen MR) is 62.1 cm³/mol. The van der Waals surface area contributed by atoms with E-state index in [0.29, 0.717) is 6.54 Å². The summed E-state index contributed by atoms with van der Waals surface area (Å²) in [6, 6.07) is 5.92. The summed E-state index contributed by atoms with van der Waals surface area (Å²) >= 11 is 0. The number of aliphatic hydroxyl groups is 1. The standard InChI is InChI=1S/C12H15N3O/c16-12(4-1-5-13-7-12)9-2-3-10-11(6-9)15-8-14-10/h2-3,6,8,13,16H,1,4-5,7H2,(H,14,15). The highest BCUT2D eigenvalue weighted by Crippen LogP contribution is 2.29. The molecular formula is C12H15N3O. The number of H-pyrrole nitrogens is 1. The molecule has 3 rings (SSSR count). The quantitative estimate of drug-likeness (QED) is 0.671. The second kappa shape index (κ2) is 3.57. The van der Waals surface area contributed by atoms with Crippen LogP contribution in [0.4, 0.5) is 0 Å². The molecular weight excluding hydrogens is 202 g/mol. The largest absolute Gasteiger partial charge is 0.384 e. The molecule has 1 aromatic heterocycles. The summed E-state index contributed by atoms with van der Waals surface area (Å²) in [5.41, 5.74) is 2.17. The zero-order chi connectivity index (χ0) is 11.0.